The number of fused-ring (bicyclic) bond motifs is 2. The van der Waals surface area contributed by atoms with Crippen molar-refractivity contribution in [2.24, 2.45) is 0 Å². The van der Waals surface area contributed by atoms with Crippen molar-refractivity contribution < 1.29 is 0 Å². The lowest BCUT2D eigenvalue weighted by atomic mass is 9.88. The minimum atomic E-state index is 0.128. The third-order valence-corrected chi connectivity index (χ3v) is 7.17. The van der Waals surface area contributed by atoms with Crippen LogP contribution < -0.4 is 11.1 Å². The topological polar surface area (TPSA) is 92.5 Å². The Morgan fingerprint density at radius 2 is 1.63 bits per heavy atom. The second-order valence-corrected chi connectivity index (χ2v) is 9.23. The summed E-state index contributed by atoms with van der Waals surface area (Å²) in [7, 11) is 0. The zero-order valence-corrected chi connectivity index (χ0v) is 19.4. The molecule has 35 heavy (non-hydrogen) atoms. The number of nitrogen functional groups attached to an aromatic ring is 1. The number of nitrogens with one attached hydrogen (secondary N) is 2. The number of H-pyrrole nitrogens is 1. The normalized spacial score (nSPS) is 17.9. The third kappa shape index (κ3) is 4.17. The molecule has 0 aliphatic heterocycles. The van der Waals surface area contributed by atoms with Crippen molar-refractivity contribution >= 4 is 17.0 Å². The molecule has 0 saturated carbocycles. The molecule has 0 fully saturated rings. The van der Waals surface area contributed by atoms with Crippen LogP contribution in [0.2, 0.25) is 0 Å². The molecule has 0 saturated heterocycles. The highest BCUT2D eigenvalue weighted by Crippen LogP contribution is 2.44. The van der Waals surface area contributed by atoms with Gasteiger partial charge in [0.1, 0.15) is 11.3 Å². The van der Waals surface area contributed by atoms with E-state index < -0.39 is 0 Å². The van der Waals surface area contributed by atoms with Crippen LogP contribution in [0.3, 0.4) is 0 Å². The van der Waals surface area contributed by atoms with E-state index in [1.807, 2.05) is 12.1 Å². The first-order valence-corrected chi connectivity index (χ1v) is 12.2. The van der Waals surface area contributed by atoms with Gasteiger partial charge < -0.3 is 11.1 Å². The molecule has 3 aromatic carbocycles. The van der Waals surface area contributed by atoms with E-state index in [2.05, 4.69) is 105 Å². The van der Waals surface area contributed by atoms with Crippen molar-refractivity contribution in [3.8, 4) is 0 Å². The Morgan fingerprint density at radius 3 is 2.43 bits per heavy atom. The number of aromatic amines is 1. The van der Waals surface area contributed by atoms with Crippen molar-refractivity contribution in [2.75, 3.05) is 12.3 Å². The van der Waals surface area contributed by atoms with Gasteiger partial charge >= 0.3 is 0 Å². The van der Waals surface area contributed by atoms with Gasteiger partial charge in [0.25, 0.3) is 0 Å². The molecule has 1 unspecified atom stereocenters. The summed E-state index contributed by atoms with van der Waals surface area (Å²) in [6.07, 6.45) is 1.97. The van der Waals surface area contributed by atoms with E-state index >= 15 is 0 Å². The third-order valence-electron chi connectivity index (χ3n) is 7.17. The molecule has 6 heteroatoms. The molecule has 0 bridgehead atoms. The maximum absolute atomic E-state index is 6.15. The second-order valence-electron chi connectivity index (χ2n) is 9.23. The Balaban J connectivity index is 1.26. The monoisotopic (exact) mass is 460 g/mol. The molecule has 1 aliphatic rings. The van der Waals surface area contributed by atoms with Gasteiger partial charge in [0.05, 0.1) is 0 Å². The number of anilines is 1. The van der Waals surface area contributed by atoms with Crippen LogP contribution >= 0.6 is 0 Å². The number of nitrogens with zero attached hydrogens (tertiary/aromatic N) is 3. The molecule has 0 spiro atoms. The van der Waals surface area contributed by atoms with Gasteiger partial charge in [-0.15, -0.1) is 5.10 Å². The molecular formula is C29H28N6. The SMILES string of the molecule is Nc1cc(C(CCN[C@H]2C[C@@H](c3ccccc3)c3ccccc32)c2ccccc2)c2nn[nH]c2n1. The summed E-state index contributed by atoms with van der Waals surface area (Å²) in [6.45, 7) is 0.863. The van der Waals surface area contributed by atoms with Gasteiger partial charge in [-0.05, 0) is 53.3 Å². The first-order chi connectivity index (χ1) is 17.3. The number of pyridine rings is 1. The first kappa shape index (κ1) is 21.5. The Labute approximate surface area is 204 Å². The zero-order valence-electron chi connectivity index (χ0n) is 19.4. The van der Waals surface area contributed by atoms with Gasteiger partial charge in [0, 0.05) is 17.9 Å². The fourth-order valence-electron chi connectivity index (χ4n) is 5.57. The van der Waals surface area contributed by atoms with E-state index in [4.69, 9.17) is 5.73 Å². The second kappa shape index (κ2) is 9.31. The number of hydrogen-bond acceptors (Lipinski definition) is 5. The maximum Gasteiger partial charge on any atom is 0.178 e. The molecule has 0 amide bonds. The van der Waals surface area contributed by atoms with Crippen molar-refractivity contribution in [3.05, 3.63) is 119 Å². The van der Waals surface area contributed by atoms with Crippen molar-refractivity contribution in [1.29, 1.82) is 0 Å². The molecule has 1 aliphatic carbocycles. The molecule has 4 N–H and O–H groups in total. The molecule has 2 aromatic heterocycles. The number of benzene rings is 3. The van der Waals surface area contributed by atoms with Crippen LogP contribution in [-0.4, -0.2) is 26.9 Å². The molecule has 0 radical (unpaired) electrons. The van der Waals surface area contributed by atoms with Gasteiger partial charge in [-0.3, -0.25) is 0 Å². The maximum atomic E-state index is 6.15. The fourth-order valence-corrected chi connectivity index (χ4v) is 5.57. The summed E-state index contributed by atoms with van der Waals surface area (Å²) in [5.74, 6) is 1.02. The van der Waals surface area contributed by atoms with E-state index in [9.17, 15) is 0 Å². The van der Waals surface area contributed by atoms with E-state index in [1.165, 1.54) is 22.3 Å². The predicted octanol–water partition coefficient (Wildman–Crippen LogP) is 5.32. The summed E-state index contributed by atoms with van der Waals surface area (Å²) in [6, 6.07) is 32.5. The lowest BCUT2D eigenvalue weighted by molar-refractivity contribution is 0.495. The number of hydrogen-bond donors (Lipinski definition) is 3. The van der Waals surface area contributed by atoms with Crippen molar-refractivity contribution in [1.82, 2.24) is 25.7 Å². The smallest absolute Gasteiger partial charge is 0.178 e. The molecule has 3 atom stereocenters. The van der Waals surface area contributed by atoms with Crippen LogP contribution in [-0.2, 0) is 0 Å². The van der Waals surface area contributed by atoms with Gasteiger partial charge in [-0.1, -0.05) is 90.1 Å². The predicted molar refractivity (Wildman–Crippen MR) is 139 cm³/mol. The Morgan fingerprint density at radius 1 is 0.914 bits per heavy atom. The minimum absolute atomic E-state index is 0.128. The van der Waals surface area contributed by atoms with Gasteiger partial charge in [-0.2, -0.15) is 0 Å². The lowest BCUT2D eigenvalue weighted by Gasteiger charge is -2.21. The number of aromatic nitrogens is 4. The van der Waals surface area contributed by atoms with E-state index in [0.717, 1.165) is 30.5 Å². The van der Waals surface area contributed by atoms with Crippen LogP contribution in [0, 0.1) is 0 Å². The summed E-state index contributed by atoms with van der Waals surface area (Å²) in [5.41, 5.74) is 14.1. The fraction of sp³-hybridized carbons (Fsp3) is 0.207. The van der Waals surface area contributed by atoms with Crippen LogP contribution in [0.1, 0.15) is 58.5 Å². The Kier molecular flexibility index (Phi) is 5.72. The standard InChI is InChI=1S/C29H28N6/c30-27-18-25(28-29(32-27)34-35-33-28)21(19-9-3-1-4-10-19)15-16-31-26-17-24(20-11-5-2-6-12-20)22-13-7-8-14-23(22)26/h1-14,18,21,24,26,31H,15-17H2,(H3,30,32,33,34,35)/t21?,24-,26-/m0/s1. The Hall–Kier alpha value is -4.03. The van der Waals surface area contributed by atoms with Crippen LogP contribution in [0.25, 0.3) is 11.2 Å². The van der Waals surface area contributed by atoms with Crippen molar-refractivity contribution in [3.63, 3.8) is 0 Å². The van der Waals surface area contributed by atoms with Crippen LogP contribution in [0.15, 0.2) is 91.0 Å². The van der Waals surface area contributed by atoms with E-state index in [-0.39, 0.29) is 5.92 Å². The largest absolute Gasteiger partial charge is 0.384 e. The molecule has 6 rings (SSSR count). The summed E-state index contributed by atoms with van der Waals surface area (Å²) in [4.78, 5) is 4.36. The number of nitrogens with two attached hydrogens (primary N) is 1. The first-order valence-electron chi connectivity index (χ1n) is 12.2. The molecule has 174 valence electrons. The molecule has 5 aromatic rings. The summed E-state index contributed by atoms with van der Waals surface area (Å²) >= 11 is 0. The van der Waals surface area contributed by atoms with Gasteiger partial charge in [0.15, 0.2) is 5.65 Å². The minimum Gasteiger partial charge on any atom is -0.384 e. The van der Waals surface area contributed by atoms with Gasteiger partial charge in [-0.25, -0.2) is 10.1 Å². The molecule has 2 heterocycles. The Bertz CT molecular complexity index is 1430. The molecule has 6 nitrogen and oxygen atoms in total. The van der Waals surface area contributed by atoms with Crippen molar-refractivity contribution in [2.45, 2.75) is 30.7 Å². The summed E-state index contributed by atoms with van der Waals surface area (Å²) < 4.78 is 0. The average molecular weight is 461 g/mol. The highest BCUT2D eigenvalue weighted by atomic mass is 15.3. The molecular weight excluding hydrogens is 432 g/mol. The van der Waals surface area contributed by atoms with Crippen LogP contribution in [0.4, 0.5) is 5.82 Å². The highest BCUT2D eigenvalue weighted by molar-refractivity contribution is 5.77. The summed E-state index contributed by atoms with van der Waals surface area (Å²) in [5, 5.41) is 15.0. The van der Waals surface area contributed by atoms with Crippen LogP contribution in [0.5, 0.6) is 0 Å². The zero-order chi connectivity index (χ0) is 23.6. The quantitative estimate of drug-likeness (QED) is 0.306. The van der Waals surface area contributed by atoms with E-state index in [0.29, 0.717) is 23.4 Å². The van der Waals surface area contributed by atoms with E-state index in [1.54, 1.807) is 0 Å². The van der Waals surface area contributed by atoms with Gasteiger partial charge in [0.2, 0.25) is 0 Å². The lowest BCUT2D eigenvalue weighted by Crippen LogP contribution is -2.22. The number of rotatable bonds is 7. The highest BCUT2D eigenvalue weighted by Gasteiger charge is 2.31. The average Bonchev–Trinajstić information content (AvgIpc) is 3.52.